The van der Waals surface area contributed by atoms with E-state index in [0.717, 1.165) is 23.3 Å². The maximum atomic E-state index is 13.6. The van der Waals surface area contributed by atoms with Gasteiger partial charge in [0.2, 0.25) is 5.88 Å². The number of rotatable bonds is 8. The highest BCUT2D eigenvalue weighted by molar-refractivity contribution is 5.96. The van der Waals surface area contributed by atoms with Crippen molar-refractivity contribution in [1.29, 1.82) is 0 Å². The van der Waals surface area contributed by atoms with Crippen molar-refractivity contribution in [3.8, 4) is 22.9 Å². The molecular weight excluding hydrogens is 444 g/mol. The molecule has 0 unspecified atom stereocenters. The lowest BCUT2D eigenvalue weighted by atomic mass is 10.0. The molecule has 176 valence electrons. The third-order valence-electron chi connectivity index (χ3n) is 5.09. The van der Waals surface area contributed by atoms with Crippen LogP contribution in [0.3, 0.4) is 0 Å². The Morgan fingerprint density at radius 2 is 1.97 bits per heavy atom. The smallest absolute Gasteiger partial charge is 0.251 e. The molecule has 0 spiro atoms. The van der Waals surface area contributed by atoms with Gasteiger partial charge in [-0.3, -0.25) is 4.79 Å². The lowest BCUT2D eigenvalue weighted by molar-refractivity contribution is 0.0955. The van der Waals surface area contributed by atoms with Crippen molar-refractivity contribution < 1.29 is 23.4 Å². The number of amides is 1. The summed E-state index contributed by atoms with van der Waals surface area (Å²) in [6.07, 6.45) is 1.63. The quantitative estimate of drug-likeness (QED) is 0.363. The van der Waals surface area contributed by atoms with Crippen LogP contribution in [-0.4, -0.2) is 45.3 Å². The van der Waals surface area contributed by atoms with Crippen LogP contribution in [0.2, 0.25) is 0 Å². The molecule has 0 saturated carbocycles. The molecule has 10 heteroatoms. The number of hydrogen-bond donors (Lipinski definition) is 3. The second kappa shape index (κ2) is 9.84. The number of aromatic nitrogens is 3. The Labute approximate surface area is 194 Å². The molecule has 0 aliphatic carbocycles. The van der Waals surface area contributed by atoms with Gasteiger partial charge < -0.3 is 20.5 Å². The molecule has 0 fully saturated rings. The van der Waals surface area contributed by atoms with E-state index in [2.05, 4.69) is 20.7 Å². The van der Waals surface area contributed by atoms with Gasteiger partial charge in [0.15, 0.2) is 17.3 Å². The third kappa shape index (κ3) is 4.67. The van der Waals surface area contributed by atoms with Gasteiger partial charge in [0.1, 0.15) is 5.75 Å². The second-order valence-electron chi connectivity index (χ2n) is 7.49. The standard InChI is InChI=1S/C24H23F2N5O3/c1-3-27-24(33)17-6-4-15(10-14(17)2)21-13-29-23-20(28-8-9-32)12-22(30-31(21)23)34-16-5-7-18(25)19(26)11-16/h4-7,10-13,28,32H,3,8-9H2,1-2H3,(H,27,33). The van der Waals surface area contributed by atoms with Crippen LogP contribution in [0.25, 0.3) is 16.9 Å². The summed E-state index contributed by atoms with van der Waals surface area (Å²) in [5, 5.41) is 19.6. The SMILES string of the molecule is CCNC(=O)c1ccc(-c2cnc3c(NCCO)cc(Oc4ccc(F)c(F)c4)nn23)cc1C. The molecule has 0 radical (unpaired) electrons. The molecule has 4 aromatic rings. The van der Waals surface area contributed by atoms with Gasteiger partial charge in [0, 0.05) is 36.3 Å². The van der Waals surface area contributed by atoms with Gasteiger partial charge in [0.05, 0.1) is 24.2 Å². The van der Waals surface area contributed by atoms with E-state index >= 15 is 0 Å². The highest BCUT2D eigenvalue weighted by Crippen LogP contribution is 2.30. The number of aryl methyl sites for hydroxylation is 1. The number of halogens is 2. The first-order valence-electron chi connectivity index (χ1n) is 10.7. The molecule has 2 aromatic heterocycles. The Balaban J connectivity index is 1.77. The number of hydrogen-bond acceptors (Lipinski definition) is 6. The van der Waals surface area contributed by atoms with E-state index in [9.17, 15) is 18.7 Å². The number of imidazole rings is 1. The number of ether oxygens (including phenoxy) is 1. The van der Waals surface area contributed by atoms with Gasteiger partial charge in [-0.25, -0.2) is 18.3 Å². The summed E-state index contributed by atoms with van der Waals surface area (Å²) < 4.78 is 34.2. The van der Waals surface area contributed by atoms with Crippen LogP contribution in [-0.2, 0) is 0 Å². The molecule has 2 heterocycles. The Kier molecular flexibility index (Phi) is 6.69. The Morgan fingerprint density at radius 1 is 1.15 bits per heavy atom. The largest absolute Gasteiger partial charge is 0.437 e. The zero-order chi connectivity index (χ0) is 24.2. The average molecular weight is 467 g/mol. The summed E-state index contributed by atoms with van der Waals surface area (Å²) in [4.78, 5) is 16.7. The fourth-order valence-corrected chi connectivity index (χ4v) is 3.51. The first-order valence-corrected chi connectivity index (χ1v) is 10.7. The maximum Gasteiger partial charge on any atom is 0.251 e. The first-order chi connectivity index (χ1) is 16.4. The number of aliphatic hydroxyl groups is 1. The minimum atomic E-state index is -1.04. The van der Waals surface area contributed by atoms with Crippen LogP contribution in [0.1, 0.15) is 22.8 Å². The lowest BCUT2D eigenvalue weighted by Crippen LogP contribution is -2.23. The van der Waals surface area contributed by atoms with E-state index in [0.29, 0.717) is 29.1 Å². The van der Waals surface area contributed by atoms with Crippen LogP contribution >= 0.6 is 0 Å². The highest BCUT2D eigenvalue weighted by atomic mass is 19.2. The van der Waals surface area contributed by atoms with Gasteiger partial charge in [-0.05, 0) is 43.7 Å². The van der Waals surface area contributed by atoms with E-state index in [-0.39, 0.29) is 30.7 Å². The number of nitrogens with one attached hydrogen (secondary N) is 2. The van der Waals surface area contributed by atoms with E-state index in [1.165, 1.54) is 6.07 Å². The summed E-state index contributed by atoms with van der Waals surface area (Å²) >= 11 is 0. The molecule has 0 aliphatic heterocycles. The van der Waals surface area contributed by atoms with Gasteiger partial charge in [-0.1, -0.05) is 6.07 Å². The average Bonchev–Trinajstić information content (AvgIpc) is 3.24. The molecule has 8 nitrogen and oxygen atoms in total. The predicted molar refractivity (Wildman–Crippen MR) is 123 cm³/mol. The van der Waals surface area contributed by atoms with Gasteiger partial charge >= 0.3 is 0 Å². The number of anilines is 1. The number of benzene rings is 2. The molecule has 2 aromatic carbocycles. The molecule has 0 saturated heterocycles. The number of carbonyl (C=O) groups is 1. The predicted octanol–water partition coefficient (Wildman–Crippen LogP) is 3.93. The topological polar surface area (TPSA) is 101 Å². The van der Waals surface area contributed by atoms with Crippen molar-refractivity contribution in [2.75, 3.05) is 25.0 Å². The Hall–Kier alpha value is -4.05. The molecule has 1 amide bonds. The Bertz CT molecular complexity index is 1360. The van der Waals surface area contributed by atoms with Crippen LogP contribution < -0.4 is 15.4 Å². The zero-order valence-electron chi connectivity index (χ0n) is 18.6. The Morgan fingerprint density at radius 3 is 2.68 bits per heavy atom. The summed E-state index contributed by atoms with van der Waals surface area (Å²) in [5.74, 6) is -2.00. The number of fused-ring (bicyclic) bond motifs is 1. The van der Waals surface area contributed by atoms with E-state index in [1.54, 1.807) is 28.9 Å². The first kappa shape index (κ1) is 23.1. The molecule has 0 aliphatic rings. The molecule has 0 atom stereocenters. The molecule has 4 rings (SSSR count). The van der Waals surface area contributed by atoms with Crippen molar-refractivity contribution in [3.05, 3.63) is 71.4 Å². The van der Waals surface area contributed by atoms with Crippen LogP contribution in [0.15, 0.2) is 48.7 Å². The van der Waals surface area contributed by atoms with Crippen LogP contribution in [0.4, 0.5) is 14.5 Å². The highest BCUT2D eigenvalue weighted by Gasteiger charge is 2.16. The summed E-state index contributed by atoms with van der Waals surface area (Å²) in [6, 6.07) is 10.2. The van der Waals surface area contributed by atoms with E-state index < -0.39 is 11.6 Å². The monoisotopic (exact) mass is 467 g/mol. The van der Waals surface area contributed by atoms with Crippen molar-refractivity contribution in [3.63, 3.8) is 0 Å². The summed E-state index contributed by atoms with van der Waals surface area (Å²) in [7, 11) is 0. The zero-order valence-corrected chi connectivity index (χ0v) is 18.6. The molecular formula is C24H23F2N5O3. The van der Waals surface area contributed by atoms with Crippen molar-refractivity contribution in [2.45, 2.75) is 13.8 Å². The van der Waals surface area contributed by atoms with E-state index in [1.807, 2.05) is 19.9 Å². The molecule has 3 N–H and O–H groups in total. The number of nitrogens with zero attached hydrogens (tertiary/aromatic N) is 3. The van der Waals surface area contributed by atoms with Crippen molar-refractivity contribution in [2.24, 2.45) is 0 Å². The summed E-state index contributed by atoms with van der Waals surface area (Å²) in [6.45, 7) is 4.38. The van der Waals surface area contributed by atoms with Crippen molar-refractivity contribution >= 4 is 17.2 Å². The lowest BCUT2D eigenvalue weighted by Gasteiger charge is -2.12. The fraction of sp³-hybridized carbons (Fsp3) is 0.208. The second-order valence-corrected chi connectivity index (χ2v) is 7.49. The molecule has 34 heavy (non-hydrogen) atoms. The van der Waals surface area contributed by atoms with Gasteiger partial charge in [-0.2, -0.15) is 0 Å². The van der Waals surface area contributed by atoms with Crippen LogP contribution in [0, 0.1) is 18.6 Å². The molecule has 0 bridgehead atoms. The van der Waals surface area contributed by atoms with Gasteiger partial charge in [0.25, 0.3) is 5.91 Å². The van der Waals surface area contributed by atoms with E-state index in [4.69, 9.17) is 4.74 Å². The number of aliphatic hydroxyl groups excluding tert-OH is 1. The summed E-state index contributed by atoms with van der Waals surface area (Å²) in [5.41, 5.74) is 3.76. The van der Waals surface area contributed by atoms with Crippen LogP contribution in [0.5, 0.6) is 11.6 Å². The normalized spacial score (nSPS) is 11.0. The van der Waals surface area contributed by atoms with Crippen molar-refractivity contribution in [1.82, 2.24) is 19.9 Å². The minimum absolute atomic E-state index is 0.0719. The third-order valence-corrected chi connectivity index (χ3v) is 5.09. The fourth-order valence-electron chi connectivity index (χ4n) is 3.51. The maximum absolute atomic E-state index is 13.6. The minimum Gasteiger partial charge on any atom is -0.437 e. The number of carbonyl (C=O) groups excluding carboxylic acids is 1. The van der Waals surface area contributed by atoms with Gasteiger partial charge in [-0.15, -0.1) is 5.10 Å².